The average Bonchev–Trinajstić information content (AvgIpc) is 3.31. The molecular formula is C18H19N3O3S. The minimum atomic E-state index is -0.163. The number of imidazole rings is 1. The van der Waals surface area contributed by atoms with Crippen molar-refractivity contribution in [3.05, 3.63) is 60.8 Å². The van der Waals surface area contributed by atoms with E-state index in [9.17, 15) is 4.79 Å². The number of carbonyl (C=O) groups excluding carboxylic acids is 1. The molecule has 1 unspecified atom stereocenters. The van der Waals surface area contributed by atoms with Crippen LogP contribution in [0.2, 0.25) is 0 Å². The van der Waals surface area contributed by atoms with Gasteiger partial charge in [-0.2, -0.15) is 0 Å². The van der Waals surface area contributed by atoms with Crippen molar-refractivity contribution < 1.29 is 13.9 Å². The highest BCUT2D eigenvalue weighted by atomic mass is 32.2. The number of hydrogen-bond donors (Lipinski definition) is 1. The molecule has 130 valence electrons. The Hall–Kier alpha value is -2.67. The number of aromatic nitrogens is 2. The molecule has 1 amide bonds. The van der Waals surface area contributed by atoms with Crippen LogP contribution < -0.4 is 10.1 Å². The minimum Gasteiger partial charge on any atom is -0.497 e. The zero-order chi connectivity index (χ0) is 17.6. The Kier molecular flexibility index (Phi) is 5.45. The van der Waals surface area contributed by atoms with Crippen molar-refractivity contribution in [3.63, 3.8) is 0 Å². The predicted octanol–water partition coefficient (Wildman–Crippen LogP) is 3.44. The molecule has 0 saturated carbocycles. The first-order chi connectivity index (χ1) is 12.2. The van der Waals surface area contributed by atoms with E-state index in [2.05, 4.69) is 10.3 Å². The van der Waals surface area contributed by atoms with Crippen LogP contribution >= 0.6 is 11.8 Å². The van der Waals surface area contributed by atoms with Crippen molar-refractivity contribution in [3.8, 4) is 11.4 Å². The number of methoxy groups -OCH3 is 1. The van der Waals surface area contributed by atoms with Crippen molar-refractivity contribution in [2.45, 2.75) is 18.1 Å². The lowest BCUT2D eigenvalue weighted by Crippen LogP contribution is -2.28. The van der Waals surface area contributed by atoms with Gasteiger partial charge in [0.05, 0.1) is 25.2 Å². The molecule has 0 aliphatic rings. The maximum absolute atomic E-state index is 12.1. The molecule has 0 fully saturated rings. The molecule has 0 radical (unpaired) electrons. The minimum absolute atomic E-state index is 0.0711. The molecule has 3 aromatic rings. The van der Waals surface area contributed by atoms with E-state index in [1.54, 1.807) is 25.6 Å². The number of nitrogens with one attached hydrogen (secondary N) is 1. The fraction of sp³-hybridized carbons (Fsp3) is 0.222. The summed E-state index contributed by atoms with van der Waals surface area (Å²) in [5.74, 6) is 1.73. The average molecular weight is 357 g/mol. The second-order valence-corrected chi connectivity index (χ2v) is 6.31. The number of ether oxygens (including phenoxy) is 1. The van der Waals surface area contributed by atoms with Gasteiger partial charge in [-0.1, -0.05) is 11.8 Å². The van der Waals surface area contributed by atoms with Crippen molar-refractivity contribution >= 4 is 17.7 Å². The Labute approximate surface area is 150 Å². The summed E-state index contributed by atoms with van der Waals surface area (Å²) in [6.07, 6.45) is 5.18. The third-order valence-corrected chi connectivity index (χ3v) is 4.60. The molecule has 0 bridgehead atoms. The van der Waals surface area contributed by atoms with Crippen LogP contribution in [0.3, 0.4) is 0 Å². The van der Waals surface area contributed by atoms with Crippen LogP contribution in [-0.2, 0) is 4.79 Å². The van der Waals surface area contributed by atoms with Crippen molar-refractivity contribution in [2.24, 2.45) is 0 Å². The van der Waals surface area contributed by atoms with Crippen LogP contribution in [0.4, 0.5) is 0 Å². The van der Waals surface area contributed by atoms with E-state index >= 15 is 0 Å². The summed E-state index contributed by atoms with van der Waals surface area (Å²) in [4.78, 5) is 16.5. The number of benzene rings is 1. The Balaban J connectivity index is 1.60. The Bertz CT molecular complexity index is 812. The highest BCUT2D eigenvalue weighted by Crippen LogP contribution is 2.22. The molecule has 25 heavy (non-hydrogen) atoms. The number of nitrogens with zero attached hydrogens (tertiary/aromatic N) is 2. The first-order valence-corrected chi connectivity index (χ1v) is 8.79. The zero-order valence-corrected chi connectivity index (χ0v) is 14.8. The topological polar surface area (TPSA) is 69.3 Å². The summed E-state index contributed by atoms with van der Waals surface area (Å²) < 4.78 is 12.4. The fourth-order valence-corrected chi connectivity index (χ4v) is 3.14. The summed E-state index contributed by atoms with van der Waals surface area (Å²) in [6.45, 7) is 1.89. The van der Waals surface area contributed by atoms with E-state index in [-0.39, 0.29) is 17.7 Å². The van der Waals surface area contributed by atoms with Crippen LogP contribution in [0, 0.1) is 0 Å². The summed E-state index contributed by atoms with van der Waals surface area (Å²) in [6, 6.07) is 11.2. The highest BCUT2D eigenvalue weighted by Gasteiger charge is 2.13. The van der Waals surface area contributed by atoms with Gasteiger partial charge in [-0.3, -0.25) is 9.36 Å². The van der Waals surface area contributed by atoms with E-state index in [4.69, 9.17) is 9.15 Å². The van der Waals surface area contributed by atoms with E-state index in [0.29, 0.717) is 0 Å². The zero-order valence-electron chi connectivity index (χ0n) is 14.0. The summed E-state index contributed by atoms with van der Waals surface area (Å²) >= 11 is 1.38. The SMILES string of the molecule is COc1ccc(-n2ccnc2SCC(=O)NC(C)c2ccco2)cc1. The van der Waals surface area contributed by atoms with Gasteiger partial charge in [0.1, 0.15) is 11.5 Å². The lowest BCUT2D eigenvalue weighted by Gasteiger charge is -2.12. The Morgan fingerprint density at radius 3 is 2.84 bits per heavy atom. The maximum atomic E-state index is 12.1. The molecule has 0 aliphatic heterocycles. The van der Waals surface area contributed by atoms with Crippen molar-refractivity contribution in [1.29, 1.82) is 0 Å². The molecule has 0 aliphatic carbocycles. The van der Waals surface area contributed by atoms with Gasteiger partial charge >= 0.3 is 0 Å². The summed E-state index contributed by atoms with van der Waals surface area (Å²) in [7, 11) is 1.63. The second-order valence-electron chi connectivity index (χ2n) is 5.37. The van der Waals surface area contributed by atoms with Crippen LogP contribution in [0.15, 0.2) is 64.6 Å². The smallest absolute Gasteiger partial charge is 0.231 e. The number of rotatable bonds is 7. The van der Waals surface area contributed by atoms with Gasteiger partial charge in [0.15, 0.2) is 5.16 Å². The van der Waals surface area contributed by atoms with Crippen LogP contribution in [0.25, 0.3) is 5.69 Å². The van der Waals surface area contributed by atoms with Gasteiger partial charge in [-0.05, 0) is 43.3 Å². The van der Waals surface area contributed by atoms with Gasteiger partial charge in [-0.15, -0.1) is 0 Å². The van der Waals surface area contributed by atoms with Crippen LogP contribution in [0.1, 0.15) is 18.7 Å². The molecule has 0 saturated heterocycles. The largest absolute Gasteiger partial charge is 0.497 e. The number of furan rings is 1. The van der Waals surface area contributed by atoms with Gasteiger partial charge in [-0.25, -0.2) is 4.98 Å². The molecule has 7 heteroatoms. The highest BCUT2D eigenvalue weighted by molar-refractivity contribution is 7.99. The van der Waals surface area contributed by atoms with Gasteiger partial charge < -0.3 is 14.5 Å². The first-order valence-electron chi connectivity index (χ1n) is 7.80. The molecular weight excluding hydrogens is 338 g/mol. The molecule has 1 aromatic carbocycles. The fourth-order valence-electron chi connectivity index (χ4n) is 2.36. The third-order valence-electron chi connectivity index (χ3n) is 3.64. The predicted molar refractivity (Wildman–Crippen MR) is 96.1 cm³/mol. The van der Waals surface area contributed by atoms with E-state index in [1.165, 1.54) is 11.8 Å². The third kappa shape index (κ3) is 4.24. The standard InChI is InChI=1S/C18H19N3O3S/c1-13(16-4-3-11-24-16)20-17(22)12-25-18-19-9-10-21(18)14-5-7-15(23-2)8-6-14/h3-11,13H,12H2,1-2H3,(H,20,22). The Morgan fingerprint density at radius 1 is 1.36 bits per heavy atom. The number of hydrogen-bond acceptors (Lipinski definition) is 5. The van der Waals surface area contributed by atoms with E-state index in [0.717, 1.165) is 22.4 Å². The van der Waals surface area contributed by atoms with Crippen molar-refractivity contribution in [1.82, 2.24) is 14.9 Å². The molecule has 2 aromatic heterocycles. The quantitative estimate of drug-likeness (QED) is 0.656. The Morgan fingerprint density at radius 2 is 2.16 bits per heavy atom. The van der Waals surface area contributed by atoms with Crippen LogP contribution in [0.5, 0.6) is 5.75 Å². The van der Waals surface area contributed by atoms with Gasteiger partial charge in [0, 0.05) is 18.1 Å². The molecule has 1 atom stereocenters. The summed E-state index contributed by atoms with van der Waals surface area (Å²) in [5.41, 5.74) is 0.963. The molecule has 1 N–H and O–H groups in total. The normalized spacial score (nSPS) is 11.9. The molecule has 3 rings (SSSR count). The van der Waals surface area contributed by atoms with E-state index in [1.807, 2.05) is 48.0 Å². The number of thioether (sulfide) groups is 1. The van der Waals surface area contributed by atoms with E-state index < -0.39 is 0 Å². The number of carbonyl (C=O) groups is 1. The first kappa shape index (κ1) is 17.2. The van der Waals surface area contributed by atoms with Crippen molar-refractivity contribution in [2.75, 3.05) is 12.9 Å². The second kappa shape index (κ2) is 7.94. The monoisotopic (exact) mass is 357 g/mol. The van der Waals surface area contributed by atoms with Gasteiger partial charge in [0.25, 0.3) is 0 Å². The lowest BCUT2D eigenvalue weighted by atomic mass is 10.2. The summed E-state index contributed by atoms with van der Waals surface area (Å²) in [5, 5.41) is 3.67. The van der Waals surface area contributed by atoms with Gasteiger partial charge in [0.2, 0.25) is 5.91 Å². The lowest BCUT2D eigenvalue weighted by molar-refractivity contribution is -0.119. The molecule has 6 nitrogen and oxygen atoms in total. The molecule has 0 spiro atoms. The van der Waals surface area contributed by atoms with Crippen LogP contribution in [-0.4, -0.2) is 28.3 Å². The number of amides is 1. The molecule has 2 heterocycles. The maximum Gasteiger partial charge on any atom is 0.231 e.